The quantitative estimate of drug-likeness (QED) is 0.682. The molecule has 4 atom stereocenters. The lowest BCUT2D eigenvalue weighted by Crippen LogP contribution is -2.48. The number of benzene rings is 1. The molecular weight excluding hydrogens is 224 g/mol. The summed E-state index contributed by atoms with van der Waals surface area (Å²) in [6.07, 6.45) is -3.50. The van der Waals surface area contributed by atoms with Crippen molar-refractivity contribution in [2.75, 3.05) is 13.2 Å². The van der Waals surface area contributed by atoms with Crippen molar-refractivity contribution >= 4 is 0 Å². The Morgan fingerprint density at radius 1 is 1.29 bits per heavy atom. The zero-order valence-electron chi connectivity index (χ0n) is 9.27. The minimum atomic E-state index is -1.11. The van der Waals surface area contributed by atoms with Gasteiger partial charge in [0.15, 0.2) is 6.29 Å². The standard InChI is InChI=1S/C12H16O5/c13-6-9(14)11-10(15)7-16-12(17-11)8-4-2-1-3-5-8/h1-5,9-15H,6-7H2/t9-,10-,11+,12-/m1/s1. The van der Waals surface area contributed by atoms with Crippen LogP contribution >= 0.6 is 0 Å². The lowest BCUT2D eigenvalue weighted by molar-refractivity contribution is -0.277. The fourth-order valence-corrected chi connectivity index (χ4v) is 1.79. The summed E-state index contributed by atoms with van der Waals surface area (Å²) < 4.78 is 10.8. The van der Waals surface area contributed by atoms with Crippen LogP contribution in [0.25, 0.3) is 0 Å². The van der Waals surface area contributed by atoms with Crippen molar-refractivity contribution in [2.45, 2.75) is 24.6 Å². The first-order valence-corrected chi connectivity index (χ1v) is 5.51. The van der Waals surface area contributed by atoms with E-state index >= 15 is 0 Å². The SMILES string of the molecule is OC[C@@H](O)[C@@H]1O[C@H](c2ccccc2)OC[C@H]1O. The van der Waals surface area contributed by atoms with Crippen LogP contribution in [0.2, 0.25) is 0 Å². The first-order valence-electron chi connectivity index (χ1n) is 5.51. The lowest BCUT2D eigenvalue weighted by atomic mass is 10.1. The molecule has 1 aromatic carbocycles. The van der Waals surface area contributed by atoms with E-state index in [1.807, 2.05) is 30.3 Å². The molecule has 5 heteroatoms. The van der Waals surface area contributed by atoms with Gasteiger partial charge in [-0.2, -0.15) is 0 Å². The van der Waals surface area contributed by atoms with Crippen molar-refractivity contribution in [3.05, 3.63) is 35.9 Å². The van der Waals surface area contributed by atoms with Gasteiger partial charge < -0.3 is 24.8 Å². The van der Waals surface area contributed by atoms with Crippen LogP contribution in [0.1, 0.15) is 11.9 Å². The van der Waals surface area contributed by atoms with Gasteiger partial charge in [-0.3, -0.25) is 0 Å². The predicted octanol–water partition coefficient (Wildman–Crippen LogP) is -0.185. The molecule has 0 spiro atoms. The summed E-state index contributed by atoms with van der Waals surface area (Å²) >= 11 is 0. The average molecular weight is 240 g/mol. The summed E-state index contributed by atoms with van der Waals surface area (Å²) in [5, 5.41) is 28.0. The van der Waals surface area contributed by atoms with Gasteiger partial charge in [0.25, 0.3) is 0 Å². The lowest BCUT2D eigenvalue weighted by Gasteiger charge is -2.36. The van der Waals surface area contributed by atoms with Gasteiger partial charge in [0, 0.05) is 5.56 Å². The van der Waals surface area contributed by atoms with E-state index in [1.165, 1.54) is 0 Å². The number of rotatable bonds is 3. The second-order valence-electron chi connectivity index (χ2n) is 3.99. The molecule has 3 N–H and O–H groups in total. The molecule has 0 unspecified atom stereocenters. The largest absolute Gasteiger partial charge is 0.394 e. The van der Waals surface area contributed by atoms with Crippen LogP contribution in [0, 0.1) is 0 Å². The molecule has 1 aliphatic rings. The third-order valence-electron chi connectivity index (χ3n) is 2.72. The van der Waals surface area contributed by atoms with Gasteiger partial charge >= 0.3 is 0 Å². The van der Waals surface area contributed by atoms with Gasteiger partial charge in [-0.25, -0.2) is 0 Å². The van der Waals surface area contributed by atoms with Crippen LogP contribution in [0.15, 0.2) is 30.3 Å². The van der Waals surface area contributed by atoms with E-state index in [4.69, 9.17) is 14.6 Å². The summed E-state index contributed by atoms with van der Waals surface area (Å²) in [5.74, 6) is 0. The van der Waals surface area contributed by atoms with Crippen LogP contribution in [0.5, 0.6) is 0 Å². The van der Waals surface area contributed by atoms with Gasteiger partial charge in [-0.15, -0.1) is 0 Å². The fraction of sp³-hybridized carbons (Fsp3) is 0.500. The van der Waals surface area contributed by atoms with E-state index in [9.17, 15) is 10.2 Å². The highest BCUT2D eigenvalue weighted by molar-refractivity contribution is 5.16. The normalized spacial score (nSPS) is 31.1. The Hall–Kier alpha value is -0.980. The maximum Gasteiger partial charge on any atom is 0.184 e. The van der Waals surface area contributed by atoms with E-state index in [2.05, 4.69) is 0 Å². The Morgan fingerprint density at radius 2 is 2.00 bits per heavy atom. The van der Waals surface area contributed by atoms with Crippen molar-refractivity contribution in [1.82, 2.24) is 0 Å². The van der Waals surface area contributed by atoms with Gasteiger partial charge in [-0.05, 0) is 0 Å². The molecule has 0 amide bonds. The number of hydrogen-bond donors (Lipinski definition) is 3. The number of ether oxygens (including phenoxy) is 2. The zero-order valence-corrected chi connectivity index (χ0v) is 9.27. The molecule has 17 heavy (non-hydrogen) atoms. The minimum Gasteiger partial charge on any atom is -0.394 e. The number of hydrogen-bond acceptors (Lipinski definition) is 5. The van der Waals surface area contributed by atoms with Gasteiger partial charge in [0.2, 0.25) is 0 Å². The van der Waals surface area contributed by atoms with E-state index in [0.717, 1.165) is 5.56 Å². The highest BCUT2D eigenvalue weighted by atomic mass is 16.7. The molecule has 0 aromatic heterocycles. The van der Waals surface area contributed by atoms with Gasteiger partial charge in [-0.1, -0.05) is 30.3 Å². The summed E-state index contributed by atoms with van der Waals surface area (Å²) in [6.45, 7) is -0.384. The highest BCUT2D eigenvalue weighted by Gasteiger charge is 2.35. The molecule has 1 fully saturated rings. The molecule has 1 aliphatic heterocycles. The molecular formula is C12H16O5. The van der Waals surface area contributed by atoms with Crippen LogP contribution in [0.3, 0.4) is 0 Å². The second kappa shape index (κ2) is 5.57. The molecule has 0 radical (unpaired) electrons. The third-order valence-corrected chi connectivity index (χ3v) is 2.72. The van der Waals surface area contributed by atoms with Crippen LogP contribution in [0.4, 0.5) is 0 Å². The number of aliphatic hydroxyl groups is 3. The molecule has 1 saturated heterocycles. The highest BCUT2D eigenvalue weighted by Crippen LogP contribution is 2.27. The topological polar surface area (TPSA) is 79.2 Å². The van der Waals surface area contributed by atoms with Gasteiger partial charge in [0.05, 0.1) is 13.2 Å². The van der Waals surface area contributed by atoms with Gasteiger partial charge in [0.1, 0.15) is 18.3 Å². The molecule has 1 aromatic rings. The van der Waals surface area contributed by atoms with E-state index in [0.29, 0.717) is 0 Å². The summed E-state index contributed by atoms with van der Waals surface area (Å²) in [4.78, 5) is 0. The molecule has 2 rings (SSSR count). The minimum absolute atomic E-state index is 0.0707. The van der Waals surface area contributed by atoms with Crippen LogP contribution in [-0.2, 0) is 9.47 Å². The van der Waals surface area contributed by atoms with E-state index in [1.54, 1.807) is 0 Å². The van der Waals surface area contributed by atoms with Crippen molar-refractivity contribution in [1.29, 1.82) is 0 Å². The number of aliphatic hydroxyl groups excluding tert-OH is 3. The Morgan fingerprint density at radius 3 is 2.65 bits per heavy atom. The van der Waals surface area contributed by atoms with Crippen molar-refractivity contribution in [2.24, 2.45) is 0 Å². The van der Waals surface area contributed by atoms with Crippen LogP contribution in [-0.4, -0.2) is 46.8 Å². The monoisotopic (exact) mass is 240 g/mol. The Balaban J connectivity index is 2.08. The van der Waals surface area contributed by atoms with Crippen molar-refractivity contribution in [3.63, 3.8) is 0 Å². The molecule has 0 bridgehead atoms. The van der Waals surface area contributed by atoms with Crippen molar-refractivity contribution < 1.29 is 24.8 Å². The zero-order chi connectivity index (χ0) is 12.3. The summed E-state index contributed by atoms with van der Waals surface area (Å²) in [7, 11) is 0. The van der Waals surface area contributed by atoms with E-state index in [-0.39, 0.29) is 6.61 Å². The second-order valence-corrected chi connectivity index (χ2v) is 3.99. The Labute approximate surface area is 99.2 Å². The average Bonchev–Trinajstić information content (AvgIpc) is 2.39. The maximum absolute atomic E-state index is 9.61. The fourth-order valence-electron chi connectivity index (χ4n) is 1.79. The Bertz CT molecular complexity index is 338. The summed E-state index contributed by atoms with van der Waals surface area (Å²) in [6, 6.07) is 9.26. The maximum atomic E-state index is 9.61. The molecule has 0 aliphatic carbocycles. The Kier molecular flexibility index (Phi) is 4.09. The molecule has 5 nitrogen and oxygen atoms in total. The molecule has 1 heterocycles. The molecule has 0 saturated carbocycles. The predicted molar refractivity (Wildman–Crippen MR) is 59.1 cm³/mol. The van der Waals surface area contributed by atoms with E-state index < -0.39 is 31.2 Å². The first kappa shape index (κ1) is 12.5. The molecule has 94 valence electrons. The smallest absolute Gasteiger partial charge is 0.184 e. The van der Waals surface area contributed by atoms with Crippen LogP contribution < -0.4 is 0 Å². The van der Waals surface area contributed by atoms with Crippen molar-refractivity contribution in [3.8, 4) is 0 Å². The summed E-state index contributed by atoms with van der Waals surface area (Å²) in [5.41, 5.74) is 0.814. The third kappa shape index (κ3) is 2.83. The first-order chi connectivity index (χ1) is 8.22.